The number of allylic oxidation sites excluding steroid dienone is 1. The van der Waals surface area contributed by atoms with Crippen molar-refractivity contribution >= 4 is 29.0 Å². The molecule has 2 fully saturated rings. The molecular weight excluding hydrogens is 475 g/mol. The zero-order chi connectivity index (χ0) is 25.0. The minimum atomic E-state index is -0.499. The summed E-state index contributed by atoms with van der Waals surface area (Å²) < 4.78 is 14.9. The second-order valence-corrected chi connectivity index (χ2v) is 11.0. The molecule has 5 heterocycles. The van der Waals surface area contributed by atoms with Crippen molar-refractivity contribution in [2.45, 2.75) is 44.6 Å². The van der Waals surface area contributed by atoms with Gasteiger partial charge >= 0.3 is 0 Å². The molecule has 0 bridgehead atoms. The number of thiophene rings is 1. The number of fused-ring (bicyclic) bond motifs is 2. The summed E-state index contributed by atoms with van der Waals surface area (Å²) in [5.41, 5.74) is 2.76. The van der Waals surface area contributed by atoms with Crippen LogP contribution in [0.25, 0.3) is 10.6 Å². The van der Waals surface area contributed by atoms with Gasteiger partial charge in [0.1, 0.15) is 11.5 Å². The number of carbonyl (C=O) groups is 1. The zero-order valence-corrected chi connectivity index (χ0v) is 21.5. The Balaban J connectivity index is 1.21. The fourth-order valence-electron chi connectivity index (χ4n) is 5.47. The van der Waals surface area contributed by atoms with Crippen molar-refractivity contribution in [3.63, 3.8) is 0 Å². The van der Waals surface area contributed by atoms with Gasteiger partial charge in [-0.25, -0.2) is 19.3 Å². The van der Waals surface area contributed by atoms with Crippen LogP contribution >= 0.6 is 11.3 Å². The number of halogens is 1. The molecule has 1 N–H and O–H groups in total. The third kappa shape index (κ3) is 3.72. The highest BCUT2D eigenvalue weighted by molar-refractivity contribution is 7.16. The van der Waals surface area contributed by atoms with Crippen LogP contribution in [0.4, 0.5) is 16.2 Å². The van der Waals surface area contributed by atoms with Gasteiger partial charge in [-0.2, -0.15) is 0 Å². The molecule has 0 aromatic carbocycles. The molecule has 9 heteroatoms. The number of amides is 1. The zero-order valence-electron chi connectivity index (χ0n) is 20.7. The van der Waals surface area contributed by atoms with E-state index in [0.29, 0.717) is 16.6 Å². The number of anilines is 2. The third-order valence-corrected chi connectivity index (χ3v) is 9.27. The maximum Gasteiger partial charge on any atom is 0.255 e. The Morgan fingerprint density at radius 2 is 2.11 bits per heavy atom. The number of carbonyl (C=O) groups excluding carboxylic acids is 1. The Labute approximate surface area is 214 Å². The number of nitrogens with zero attached hydrogens (tertiary/aromatic N) is 5. The molecule has 1 saturated heterocycles. The van der Waals surface area contributed by atoms with Gasteiger partial charge in [-0.05, 0) is 62.8 Å². The van der Waals surface area contributed by atoms with E-state index in [1.807, 2.05) is 38.1 Å². The van der Waals surface area contributed by atoms with Crippen LogP contribution in [0.5, 0.6) is 0 Å². The van der Waals surface area contributed by atoms with Crippen molar-refractivity contribution < 1.29 is 9.18 Å². The number of hydrogen-bond acceptors (Lipinski definition) is 7. The van der Waals surface area contributed by atoms with Gasteiger partial charge in [0.25, 0.3) is 5.91 Å². The van der Waals surface area contributed by atoms with Gasteiger partial charge in [0.2, 0.25) is 5.95 Å². The van der Waals surface area contributed by atoms with Crippen molar-refractivity contribution in [3.8, 4) is 10.6 Å². The minimum Gasteiger partial charge on any atom is -0.331 e. The summed E-state index contributed by atoms with van der Waals surface area (Å²) in [4.78, 5) is 32.1. The molecule has 1 atom stereocenters. The summed E-state index contributed by atoms with van der Waals surface area (Å²) in [6, 6.07) is 4.02. The van der Waals surface area contributed by atoms with Crippen molar-refractivity contribution in [1.82, 2.24) is 24.8 Å². The SMILES string of the molecule is C/C=C/CN1CCC(c2ccc(Nc3ncc(F)c(-c4sc5c(c4C)C(=O)N(C)C54CC4)n3)nc2)C1. The summed E-state index contributed by atoms with van der Waals surface area (Å²) in [5, 5.41) is 3.12. The molecule has 2 aliphatic heterocycles. The molecule has 7 nitrogen and oxygen atoms in total. The summed E-state index contributed by atoms with van der Waals surface area (Å²) in [6.45, 7) is 7.05. The molecule has 6 rings (SSSR count). The van der Waals surface area contributed by atoms with Crippen molar-refractivity contribution in [3.05, 3.63) is 64.1 Å². The van der Waals surface area contributed by atoms with Crippen molar-refractivity contribution in [2.24, 2.45) is 0 Å². The molecule has 1 aliphatic carbocycles. The second-order valence-electron chi connectivity index (χ2n) is 9.96. The minimum absolute atomic E-state index is 0.0202. The number of likely N-dealkylation sites (tertiary alicyclic amines) is 1. The lowest BCUT2D eigenvalue weighted by atomic mass is 10.0. The number of rotatable bonds is 6. The van der Waals surface area contributed by atoms with Crippen molar-refractivity contribution in [1.29, 1.82) is 0 Å². The van der Waals surface area contributed by atoms with Crippen LogP contribution in [0, 0.1) is 12.7 Å². The lowest BCUT2D eigenvalue weighted by molar-refractivity contribution is 0.0755. The number of hydrogen-bond donors (Lipinski definition) is 1. The first-order valence-corrected chi connectivity index (χ1v) is 13.2. The van der Waals surface area contributed by atoms with E-state index >= 15 is 0 Å². The highest BCUT2D eigenvalue weighted by Crippen LogP contribution is 2.60. The van der Waals surface area contributed by atoms with E-state index in [4.69, 9.17) is 0 Å². The van der Waals surface area contributed by atoms with Crippen LogP contribution in [-0.4, -0.2) is 57.3 Å². The Bertz CT molecular complexity index is 1360. The summed E-state index contributed by atoms with van der Waals surface area (Å²) in [6.07, 6.45) is 10.4. The van der Waals surface area contributed by atoms with Crippen LogP contribution in [-0.2, 0) is 5.54 Å². The first-order chi connectivity index (χ1) is 17.4. The molecule has 1 unspecified atom stereocenters. The molecule has 3 aromatic rings. The van der Waals surface area contributed by atoms with Gasteiger partial charge in [-0.15, -0.1) is 11.3 Å². The molecule has 3 aromatic heterocycles. The summed E-state index contributed by atoms with van der Waals surface area (Å²) in [7, 11) is 1.86. The predicted molar refractivity (Wildman–Crippen MR) is 139 cm³/mol. The van der Waals surface area contributed by atoms with E-state index in [1.54, 1.807) is 0 Å². The van der Waals surface area contributed by atoms with Gasteiger partial charge in [0.05, 0.1) is 22.2 Å². The van der Waals surface area contributed by atoms with Gasteiger partial charge in [-0.3, -0.25) is 9.69 Å². The fourth-order valence-corrected chi connectivity index (χ4v) is 7.04. The first-order valence-electron chi connectivity index (χ1n) is 12.4. The number of aromatic nitrogens is 3. The third-order valence-electron chi connectivity index (χ3n) is 7.78. The quantitative estimate of drug-likeness (QED) is 0.464. The first kappa shape index (κ1) is 23.2. The van der Waals surface area contributed by atoms with Gasteiger partial charge in [0, 0.05) is 31.2 Å². The summed E-state index contributed by atoms with van der Waals surface area (Å²) in [5.74, 6) is 0.889. The normalized spacial score (nSPS) is 20.6. The van der Waals surface area contributed by atoms with Crippen LogP contribution in [0.2, 0.25) is 0 Å². The van der Waals surface area contributed by atoms with E-state index in [1.165, 1.54) is 23.1 Å². The van der Waals surface area contributed by atoms with E-state index in [9.17, 15) is 9.18 Å². The molecule has 36 heavy (non-hydrogen) atoms. The van der Waals surface area contributed by atoms with Crippen LogP contribution < -0.4 is 5.32 Å². The van der Waals surface area contributed by atoms with E-state index < -0.39 is 5.82 Å². The molecular formula is C27H29FN6OS. The lowest BCUT2D eigenvalue weighted by Crippen LogP contribution is -2.29. The van der Waals surface area contributed by atoms with E-state index in [2.05, 4.69) is 43.4 Å². The van der Waals surface area contributed by atoms with Crippen LogP contribution in [0.3, 0.4) is 0 Å². The number of nitrogens with one attached hydrogen (secondary N) is 1. The maximum absolute atomic E-state index is 14.9. The molecule has 0 radical (unpaired) electrons. The average molecular weight is 505 g/mol. The fraction of sp³-hybridized carbons (Fsp3) is 0.407. The topological polar surface area (TPSA) is 74.2 Å². The largest absolute Gasteiger partial charge is 0.331 e. The van der Waals surface area contributed by atoms with Crippen LogP contribution in [0.1, 0.15) is 58.5 Å². The molecule has 3 aliphatic rings. The average Bonchev–Trinajstić information content (AvgIpc) is 3.35. The van der Waals surface area contributed by atoms with Gasteiger partial charge < -0.3 is 10.2 Å². The van der Waals surface area contributed by atoms with Gasteiger partial charge in [0.15, 0.2) is 5.82 Å². The van der Waals surface area contributed by atoms with Crippen LogP contribution in [0.15, 0.2) is 36.7 Å². The maximum atomic E-state index is 14.9. The van der Waals surface area contributed by atoms with Crippen molar-refractivity contribution in [2.75, 3.05) is 32.0 Å². The van der Waals surface area contributed by atoms with Gasteiger partial charge in [-0.1, -0.05) is 18.2 Å². The standard InChI is InChI=1S/C27H29FN6OS/c1-4-5-11-34-12-8-18(15-34)17-6-7-20(29-13-17)31-26-30-14-19(28)22(32-26)23-16(2)21-24(36-23)27(9-10-27)33(3)25(21)35/h4-7,13-14,18H,8-12,15H2,1-3H3,(H,29,30,31,32)/b5-4+. The monoisotopic (exact) mass is 504 g/mol. The van der Waals surface area contributed by atoms with E-state index in [-0.39, 0.29) is 23.1 Å². The highest BCUT2D eigenvalue weighted by Gasteiger charge is 2.58. The highest BCUT2D eigenvalue weighted by atomic mass is 32.1. The molecule has 1 saturated carbocycles. The Morgan fingerprint density at radius 1 is 1.28 bits per heavy atom. The lowest BCUT2D eigenvalue weighted by Gasteiger charge is -2.19. The Hall–Kier alpha value is -3.17. The Kier molecular flexibility index (Phi) is 5.64. The molecule has 1 spiro atoms. The molecule has 186 valence electrons. The van der Waals surface area contributed by atoms with E-state index in [0.717, 1.165) is 54.9 Å². The predicted octanol–water partition coefficient (Wildman–Crippen LogP) is 5.23. The summed E-state index contributed by atoms with van der Waals surface area (Å²) >= 11 is 1.48. The number of pyridine rings is 1. The smallest absolute Gasteiger partial charge is 0.255 e. The molecule has 1 amide bonds. The second kappa shape index (κ2) is 8.74. The Morgan fingerprint density at radius 3 is 2.83 bits per heavy atom.